The first-order valence-corrected chi connectivity index (χ1v) is 8.61. The molecule has 3 atom stereocenters. The van der Waals surface area contributed by atoms with Crippen LogP contribution in [-0.4, -0.2) is 42.8 Å². The number of rotatable bonds is 6. The van der Waals surface area contributed by atoms with Crippen LogP contribution in [-0.2, 0) is 9.53 Å². The maximum absolute atomic E-state index is 12.7. The van der Waals surface area contributed by atoms with Crippen molar-refractivity contribution < 1.29 is 9.53 Å². The highest BCUT2D eigenvalue weighted by Gasteiger charge is 2.39. The summed E-state index contributed by atoms with van der Waals surface area (Å²) >= 11 is 0. The molecule has 1 amide bonds. The van der Waals surface area contributed by atoms with Gasteiger partial charge in [0.15, 0.2) is 0 Å². The number of carbonyl (C=O) groups is 1. The van der Waals surface area contributed by atoms with Crippen LogP contribution in [0.1, 0.15) is 53.4 Å². The molecule has 2 rings (SSSR count). The Morgan fingerprint density at radius 2 is 1.95 bits per heavy atom. The van der Waals surface area contributed by atoms with Gasteiger partial charge in [0, 0.05) is 19.1 Å². The van der Waals surface area contributed by atoms with Crippen molar-refractivity contribution in [2.75, 3.05) is 19.8 Å². The molecule has 21 heavy (non-hydrogen) atoms. The first kappa shape index (κ1) is 16.8. The monoisotopic (exact) mass is 296 g/mol. The van der Waals surface area contributed by atoms with Gasteiger partial charge in [-0.25, -0.2) is 0 Å². The Balaban J connectivity index is 2.00. The molecule has 2 heterocycles. The second-order valence-corrected chi connectivity index (χ2v) is 7.57. The minimum atomic E-state index is 0.0123. The summed E-state index contributed by atoms with van der Waals surface area (Å²) in [6.45, 7) is 11.4. The zero-order valence-corrected chi connectivity index (χ0v) is 14.1. The van der Waals surface area contributed by atoms with Gasteiger partial charge in [-0.05, 0) is 37.5 Å². The van der Waals surface area contributed by atoms with Gasteiger partial charge in [0.05, 0.1) is 18.8 Å². The zero-order valence-electron chi connectivity index (χ0n) is 14.1. The number of ether oxygens (including phenoxy) is 1. The fourth-order valence-electron chi connectivity index (χ4n) is 3.48. The van der Waals surface area contributed by atoms with Crippen molar-refractivity contribution in [1.29, 1.82) is 0 Å². The van der Waals surface area contributed by atoms with Gasteiger partial charge in [-0.15, -0.1) is 0 Å². The molecule has 4 nitrogen and oxygen atoms in total. The molecule has 0 aromatic carbocycles. The lowest BCUT2D eigenvalue weighted by molar-refractivity contribution is -0.131. The Kier molecular flexibility index (Phi) is 6.06. The Hall–Kier alpha value is -0.610. The minimum absolute atomic E-state index is 0.0123. The van der Waals surface area contributed by atoms with Crippen LogP contribution in [0.2, 0.25) is 0 Å². The number of hydrogen-bond acceptors (Lipinski definition) is 3. The fourth-order valence-corrected chi connectivity index (χ4v) is 3.48. The van der Waals surface area contributed by atoms with Crippen LogP contribution in [0.25, 0.3) is 0 Å². The smallest absolute Gasteiger partial charge is 0.241 e. The van der Waals surface area contributed by atoms with Gasteiger partial charge in [0.2, 0.25) is 5.91 Å². The molecule has 0 radical (unpaired) electrons. The molecule has 0 spiro atoms. The number of hydrogen-bond donors (Lipinski definition) is 1. The van der Waals surface area contributed by atoms with Gasteiger partial charge in [-0.3, -0.25) is 10.1 Å². The van der Waals surface area contributed by atoms with E-state index in [1.807, 2.05) is 0 Å². The van der Waals surface area contributed by atoms with Crippen LogP contribution in [0.5, 0.6) is 0 Å². The highest BCUT2D eigenvalue weighted by molar-refractivity contribution is 5.84. The Labute approximate surface area is 129 Å². The molecule has 0 aliphatic carbocycles. The maximum Gasteiger partial charge on any atom is 0.241 e. The van der Waals surface area contributed by atoms with Gasteiger partial charge >= 0.3 is 0 Å². The molecule has 1 N–H and O–H groups in total. The Morgan fingerprint density at radius 1 is 1.24 bits per heavy atom. The second-order valence-electron chi connectivity index (χ2n) is 7.57. The quantitative estimate of drug-likeness (QED) is 0.819. The summed E-state index contributed by atoms with van der Waals surface area (Å²) < 4.78 is 5.58. The molecule has 2 fully saturated rings. The molecule has 122 valence electrons. The lowest BCUT2D eigenvalue weighted by Gasteiger charge is -2.31. The topological polar surface area (TPSA) is 41.6 Å². The molecular formula is C17H32N2O2. The molecule has 2 aliphatic rings. The van der Waals surface area contributed by atoms with E-state index in [0.29, 0.717) is 23.7 Å². The van der Waals surface area contributed by atoms with E-state index in [1.165, 1.54) is 6.42 Å². The van der Waals surface area contributed by atoms with Crippen molar-refractivity contribution >= 4 is 5.91 Å². The van der Waals surface area contributed by atoms with Crippen molar-refractivity contribution in [2.24, 2.45) is 17.8 Å². The first-order valence-electron chi connectivity index (χ1n) is 8.61. The van der Waals surface area contributed by atoms with Crippen LogP contribution >= 0.6 is 0 Å². The number of amides is 1. The lowest BCUT2D eigenvalue weighted by atomic mass is 10.0. The molecule has 0 saturated carbocycles. The van der Waals surface area contributed by atoms with Gasteiger partial charge in [-0.1, -0.05) is 27.7 Å². The van der Waals surface area contributed by atoms with Crippen molar-refractivity contribution in [3.05, 3.63) is 0 Å². The molecule has 4 heteroatoms. The van der Waals surface area contributed by atoms with E-state index in [9.17, 15) is 4.79 Å². The van der Waals surface area contributed by atoms with E-state index in [4.69, 9.17) is 4.74 Å². The van der Waals surface area contributed by atoms with Crippen molar-refractivity contribution in [1.82, 2.24) is 10.2 Å². The average molecular weight is 296 g/mol. The van der Waals surface area contributed by atoms with Gasteiger partial charge in [-0.2, -0.15) is 0 Å². The van der Waals surface area contributed by atoms with E-state index in [2.05, 4.69) is 37.9 Å². The average Bonchev–Trinajstić information content (AvgIpc) is 2.67. The van der Waals surface area contributed by atoms with Gasteiger partial charge < -0.3 is 9.64 Å². The summed E-state index contributed by atoms with van der Waals surface area (Å²) in [7, 11) is 0. The third kappa shape index (κ3) is 4.68. The van der Waals surface area contributed by atoms with E-state index < -0.39 is 0 Å². The third-order valence-electron chi connectivity index (χ3n) is 4.46. The molecular weight excluding hydrogens is 264 g/mol. The predicted octanol–water partition coefficient (Wildman–Crippen LogP) is 2.63. The van der Waals surface area contributed by atoms with E-state index in [1.54, 1.807) is 0 Å². The van der Waals surface area contributed by atoms with Crippen molar-refractivity contribution in [2.45, 2.75) is 65.6 Å². The Bertz CT molecular complexity index is 338. The summed E-state index contributed by atoms with van der Waals surface area (Å²) in [5.74, 6) is 1.96. The minimum Gasteiger partial charge on any atom is -0.381 e. The zero-order chi connectivity index (χ0) is 15.4. The summed E-state index contributed by atoms with van der Waals surface area (Å²) in [5.41, 5.74) is 0. The molecule has 0 aromatic heterocycles. The number of nitrogens with zero attached hydrogens (tertiary/aromatic N) is 1. The van der Waals surface area contributed by atoms with Crippen LogP contribution < -0.4 is 5.32 Å². The molecule has 3 unspecified atom stereocenters. The molecule has 2 saturated heterocycles. The molecule has 0 aromatic rings. The third-order valence-corrected chi connectivity index (χ3v) is 4.46. The summed E-state index contributed by atoms with van der Waals surface area (Å²) in [6.07, 6.45) is 4.50. The molecule has 0 bridgehead atoms. The normalized spacial score (nSPS) is 30.7. The predicted molar refractivity (Wildman–Crippen MR) is 84.9 cm³/mol. The highest BCUT2D eigenvalue weighted by atomic mass is 16.5. The van der Waals surface area contributed by atoms with Crippen LogP contribution in [0.15, 0.2) is 0 Å². The van der Waals surface area contributed by atoms with Crippen LogP contribution in [0.4, 0.5) is 0 Å². The summed E-state index contributed by atoms with van der Waals surface area (Å²) in [6, 6.07) is 0.0123. The van der Waals surface area contributed by atoms with E-state index in [-0.39, 0.29) is 12.2 Å². The van der Waals surface area contributed by atoms with E-state index in [0.717, 1.165) is 39.0 Å². The van der Waals surface area contributed by atoms with Gasteiger partial charge in [0.1, 0.15) is 0 Å². The number of carbonyl (C=O) groups excluding carboxylic acids is 1. The standard InChI is InChI=1S/C17H32N2O2/c1-12(2)8-15-17(20)19(16(18-15)9-13(3)4)10-14-6-5-7-21-11-14/h12-16,18H,5-11H2,1-4H3. The highest BCUT2D eigenvalue weighted by Crippen LogP contribution is 2.24. The first-order chi connectivity index (χ1) is 9.97. The van der Waals surface area contributed by atoms with E-state index >= 15 is 0 Å². The Morgan fingerprint density at radius 3 is 2.52 bits per heavy atom. The fraction of sp³-hybridized carbons (Fsp3) is 0.941. The lowest BCUT2D eigenvalue weighted by Crippen LogP contribution is -2.42. The second kappa shape index (κ2) is 7.59. The largest absolute Gasteiger partial charge is 0.381 e. The molecule has 2 aliphatic heterocycles. The van der Waals surface area contributed by atoms with Crippen LogP contribution in [0.3, 0.4) is 0 Å². The number of nitrogens with one attached hydrogen (secondary N) is 1. The summed E-state index contributed by atoms with van der Waals surface area (Å²) in [4.78, 5) is 14.8. The maximum atomic E-state index is 12.7. The SMILES string of the molecule is CC(C)CC1NC(CC(C)C)N(CC2CCCOC2)C1=O. The van der Waals surface area contributed by atoms with Crippen molar-refractivity contribution in [3.63, 3.8) is 0 Å². The van der Waals surface area contributed by atoms with Crippen molar-refractivity contribution in [3.8, 4) is 0 Å². The van der Waals surface area contributed by atoms with Crippen LogP contribution in [0, 0.1) is 17.8 Å². The van der Waals surface area contributed by atoms with Gasteiger partial charge in [0.25, 0.3) is 0 Å². The summed E-state index contributed by atoms with van der Waals surface area (Å²) in [5, 5.41) is 3.58.